The third-order valence-electron chi connectivity index (χ3n) is 2.78. The molecular formula is C12H14Cl2O4. The third-order valence-corrected chi connectivity index (χ3v) is 3.37. The van der Waals surface area contributed by atoms with E-state index < -0.39 is 18.5 Å². The highest BCUT2D eigenvalue weighted by Crippen LogP contribution is 2.24. The monoisotopic (exact) mass is 292 g/mol. The topological polar surface area (TPSA) is 47.9 Å². The van der Waals surface area contributed by atoms with Gasteiger partial charge in [-0.1, -0.05) is 29.3 Å². The van der Waals surface area contributed by atoms with Crippen LogP contribution in [-0.4, -0.2) is 37.3 Å². The van der Waals surface area contributed by atoms with E-state index in [2.05, 4.69) is 0 Å². The first-order chi connectivity index (χ1) is 8.61. The molecule has 2 rings (SSSR count). The average Bonchev–Trinajstić information content (AvgIpc) is 2.69. The molecule has 1 saturated heterocycles. The number of benzene rings is 1. The van der Waals surface area contributed by atoms with E-state index >= 15 is 0 Å². The summed E-state index contributed by atoms with van der Waals surface area (Å²) in [5.41, 5.74) is 0.814. The van der Waals surface area contributed by atoms with Crippen molar-refractivity contribution in [3.05, 3.63) is 33.8 Å². The summed E-state index contributed by atoms with van der Waals surface area (Å²) in [5.74, 6) is 0. The molecule has 6 heteroatoms. The molecule has 1 fully saturated rings. The fourth-order valence-electron chi connectivity index (χ4n) is 1.75. The Morgan fingerprint density at radius 3 is 2.83 bits per heavy atom. The molecule has 0 bridgehead atoms. The summed E-state index contributed by atoms with van der Waals surface area (Å²) in [5, 5.41) is 10.9. The number of hydrogen-bond acceptors (Lipinski definition) is 4. The zero-order valence-corrected chi connectivity index (χ0v) is 11.3. The van der Waals surface area contributed by atoms with Gasteiger partial charge < -0.3 is 19.3 Å². The fraction of sp³-hybridized carbons (Fsp3) is 0.500. The van der Waals surface area contributed by atoms with Gasteiger partial charge in [-0.15, -0.1) is 0 Å². The van der Waals surface area contributed by atoms with Crippen LogP contribution in [-0.2, 0) is 20.8 Å². The van der Waals surface area contributed by atoms with E-state index in [1.165, 1.54) is 7.11 Å². The van der Waals surface area contributed by atoms with Crippen LogP contribution in [0.5, 0.6) is 0 Å². The molecule has 1 aliphatic rings. The standard InChI is InChI=1S/C12H14Cl2O4/c1-16-12-11(15)10(6-18-12)17-5-7-2-3-8(13)4-9(7)14/h2-4,10-12,15H,5-6H2,1H3. The minimum Gasteiger partial charge on any atom is -0.385 e. The van der Waals surface area contributed by atoms with Crippen LogP contribution >= 0.6 is 23.2 Å². The van der Waals surface area contributed by atoms with Gasteiger partial charge in [-0.25, -0.2) is 0 Å². The van der Waals surface area contributed by atoms with Crippen LogP contribution in [0.4, 0.5) is 0 Å². The van der Waals surface area contributed by atoms with Gasteiger partial charge in [-0.05, 0) is 17.7 Å². The van der Waals surface area contributed by atoms with Gasteiger partial charge >= 0.3 is 0 Å². The molecule has 1 aromatic rings. The first-order valence-electron chi connectivity index (χ1n) is 5.50. The van der Waals surface area contributed by atoms with E-state index in [1.54, 1.807) is 18.2 Å². The lowest BCUT2D eigenvalue weighted by Gasteiger charge is -2.17. The van der Waals surface area contributed by atoms with Crippen LogP contribution in [0.3, 0.4) is 0 Å². The second-order valence-electron chi connectivity index (χ2n) is 4.01. The lowest BCUT2D eigenvalue weighted by atomic mass is 10.2. The Kier molecular flexibility index (Phi) is 4.84. The first kappa shape index (κ1) is 14.1. The van der Waals surface area contributed by atoms with Crippen molar-refractivity contribution in [2.75, 3.05) is 13.7 Å². The Morgan fingerprint density at radius 1 is 1.44 bits per heavy atom. The second-order valence-corrected chi connectivity index (χ2v) is 4.86. The van der Waals surface area contributed by atoms with Crippen LogP contribution in [0.25, 0.3) is 0 Å². The van der Waals surface area contributed by atoms with E-state index in [1.807, 2.05) is 0 Å². The summed E-state index contributed by atoms with van der Waals surface area (Å²) >= 11 is 11.8. The normalized spacial score (nSPS) is 27.7. The summed E-state index contributed by atoms with van der Waals surface area (Å²) in [6.07, 6.45) is -1.83. The molecule has 0 aromatic heterocycles. The Balaban J connectivity index is 1.92. The molecule has 100 valence electrons. The summed E-state index contributed by atoms with van der Waals surface area (Å²) < 4.78 is 15.7. The van der Waals surface area contributed by atoms with Crippen molar-refractivity contribution in [1.82, 2.24) is 0 Å². The van der Waals surface area contributed by atoms with Gasteiger partial charge in [0.25, 0.3) is 0 Å². The van der Waals surface area contributed by atoms with Crippen LogP contribution in [0.15, 0.2) is 18.2 Å². The van der Waals surface area contributed by atoms with Crippen molar-refractivity contribution in [3.8, 4) is 0 Å². The number of hydrogen-bond donors (Lipinski definition) is 1. The van der Waals surface area contributed by atoms with E-state index in [0.717, 1.165) is 5.56 Å². The number of halogens is 2. The van der Waals surface area contributed by atoms with Gasteiger partial charge in [0.15, 0.2) is 6.29 Å². The highest BCUT2D eigenvalue weighted by Gasteiger charge is 2.36. The van der Waals surface area contributed by atoms with Crippen molar-refractivity contribution in [2.24, 2.45) is 0 Å². The average molecular weight is 293 g/mol. The molecule has 1 heterocycles. The van der Waals surface area contributed by atoms with Crippen molar-refractivity contribution < 1.29 is 19.3 Å². The molecule has 3 unspecified atom stereocenters. The highest BCUT2D eigenvalue weighted by atomic mass is 35.5. The molecule has 0 saturated carbocycles. The molecule has 4 nitrogen and oxygen atoms in total. The summed E-state index contributed by atoms with van der Waals surface area (Å²) in [6.45, 7) is 0.586. The van der Waals surface area contributed by atoms with Crippen LogP contribution in [0.2, 0.25) is 10.0 Å². The van der Waals surface area contributed by atoms with Crippen molar-refractivity contribution in [3.63, 3.8) is 0 Å². The van der Waals surface area contributed by atoms with Crippen LogP contribution < -0.4 is 0 Å². The molecule has 1 aliphatic heterocycles. The van der Waals surface area contributed by atoms with Crippen LogP contribution in [0.1, 0.15) is 5.56 Å². The molecule has 1 aromatic carbocycles. The maximum Gasteiger partial charge on any atom is 0.185 e. The summed E-state index contributed by atoms with van der Waals surface area (Å²) in [6, 6.07) is 5.19. The second kappa shape index (κ2) is 6.19. The van der Waals surface area contributed by atoms with Crippen molar-refractivity contribution in [1.29, 1.82) is 0 Å². The minimum atomic E-state index is -0.791. The Labute approximate surface area is 115 Å². The minimum absolute atomic E-state index is 0.289. The number of aliphatic hydroxyl groups excluding tert-OH is 1. The SMILES string of the molecule is COC1OCC(OCc2ccc(Cl)cc2Cl)C1O. The largest absolute Gasteiger partial charge is 0.385 e. The zero-order chi connectivity index (χ0) is 13.1. The zero-order valence-electron chi connectivity index (χ0n) is 9.81. The number of aliphatic hydroxyl groups is 1. The Hall–Kier alpha value is -0.360. The highest BCUT2D eigenvalue weighted by molar-refractivity contribution is 6.35. The fourth-order valence-corrected chi connectivity index (χ4v) is 2.21. The van der Waals surface area contributed by atoms with E-state index in [-0.39, 0.29) is 6.61 Å². The molecule has 0 radical (unpaired) electrons. The van der Waals surface area contributed by atoms with E-state index in [0.29, 0.717) is 16.7 Å². The Bertz CT molecular complexity index is 413. The lowest BCUT2D eigenvalue weighted by molar-refractivity contribution is -0.137. The van der Waals surface area contributed by atoms with Gasteiger partial charge in [-0.3, -0.25) is 0 Å². The number of methoxy groups -OCH3 is 1. The lowest BCUT2D eigenvalue weighted by Crippen LogP contribution is -2.32. The molecule has 0 aliphatic carbocycles. The molecule has 3 atom stereocenters. The number of rotatable bonds is 4. The molecular weight excluding hydrogens is 279 g/mol. The maximum absolute atomic E-state index is 9.81. The Morgan fingerprint density at radius 2 is 2.22 bits per heavy atom. The van der Waals surface area contributed by atoms with E-state index in [9.17, 15) is 5.11 Å². The molecule has 1 N–H and O–H groups in total. The maximum atomic E-state index is 9.81. The van der Waals surface area contributed by atoms with Gasteiger partial charge in [0.05, 0.1) is 13.2 Å². The van der Waals surface area contributed by atoms with Gasteiger partial charge in [0.2, 0.25) is 0 Å². The van der Waals surface area contributed by atoms with Crippen molar-refractivity contribution in [2.45, 2.75) is 25.1 Å². The van der Waals surface area contributed by atoms with E-state index in [4.69, 9.17) is 37.4 Å². The number of ether oxygens (including phenoxy) is 3. The third kappa shape index (κ3) is 3.15. The summed E-state index contributed by atoms with van der Waals surface area (Å²) in [4.78, 5) is 0. The first-order valence-corrected chi connectivity index (χ1v) is 6.25. The van der Waals surface area contributed by atoms with Crippen molar-refractivity contribution >= 4 is 23.2 Å². The smallest absolute Gasteiger partial charge is 0.185 e. The summed E-state index contributed by atoms with van der Waals surface area (Å²) in [7, 11) is 1.48. The molecule has 0 amide bonds. The quantitative estimate of drug-likeness (QED) is 0.925. The predicted molar refractivity (Wildman–Crippen MR) is 67.8 cm³/mol. The predicted octanol–water partition coefficient (Wildman–Crippen LogP) is 2.24. The van der Waals surface area contributed by atoms with Gasteiger partial charge in [0.1, 0.15) is 12.2 Å². The molecule has 18 heavy (non-hydrogen) atoms. The van der Waals surface area contributed by atoms with Gasteiger partial charge in [-0.2, -0.15) is 0 Å². The molecule has 0 spiro atoms. The van der Waals surface area contributed by atoms with Crippen LogP contribution in [0, 0.1) is 0 Å². The van der Waals surface area contributed by atoms with Gasteiger partial charge in [0, 0.05) is 17.2 Å².